The van der Waals surface area contributed by atoms with E-state index < -0.39 is 0 Å². The maximum Gasteiger partial charge on any atom is 0.0739 e. The summed E-state index contributed by atoms with van der Waals surface area (Å²) >= 11 is 4.51. The number of rotatable bonds is 4. The van der Waals surface area contributed by atoms with Crippen molar-refractivity contribution in [1.29, 1.82) is 0 Å². The zero-order valence-corrected chi connectivity index (χ0v) is 9.17. The first-order valence-electron chi connectivity index (χ1n) is 4.51. The predicted molar refractivity (Wildman–Crippen MR) is 61.1 cm³/mol. The van der Waals surface area contributed by atoms with Gasteiger partial charge in [-0.15, -0.1) is 0 Å². The Morgan fingerprint density at radius 2 is 2.00 bits per heavy atom. The number of benzene rings is 1. The molecule has 0 aliphatic heterocycles. The van der Waals surface area contributed by atoms with Crippen LogP contribution in [-0.4, -0.2) is 11.3 Å². The van der Waals surface area contributed by atoms with E-state index in [-0.39, 0.29) is 6.10 Å². The summed E-state index contributed by atoms with van der Waals surface area (Å²) in [6, 6.07) is 7.76. The molecule has 0 fully saturated rings. The van der Waals surface area contributed by atoms with Gasteiger partial charge in [0.15, 0.2) is 0 Å². The second kappa shape index (κ2) is 5.66. The minimum atomic E-state index is 0.258. The average molecular weight is 207 g/mol. The second-order valence-corrected chi connectivity index (χ2v) is 3.41. The number of nitrogens with zero attached hydrogens (tertiary/aromatic N) is 1. The van der Waals surface area contributed by atoms with Crippen LogP contribution in [0, 0.1) is 0 Å². The molecule has 0 bridgehead atoms. The summed E-state index contributed by atoms with van der Waals surface area (Å²) in [5.74, 6) is 0. The van der Waals surface area contributed by atoms with Crippen molar-refractivity contribution >= 4 is 23.1 Å². The molecular weight excluding hydrogens is 194 g/mol. The highest BCUT2D eigenvalue weighted by Gasteiger charge is 1.96. The summed E-state index contributed by atoms with van der Waals surface area (Å²) in [6.07, 6.45) is 0.258. The van der Waals surface area contributed by atoms with Crippen molar-refractivity contribution in [3.63, 3.8) is 0 Å². The van der Waals surface area contributed by atoms with Gasteiger partial charge in [0.25, 0.3) is 0 Å². The van der Waals surface area contributed by atoms with Gasteiger partial charge in [-0.05, 0) is 43.8 Å². The molecule has 0 heterocycles. The van der Waals surface area contributed by atoms with Gasteiger partial charge in [-0.1, -0.05) is 12.1 Å². The molecule has 0 aliphatic carbocycles. The van der Waals surface area contributed by atoms with Gasteiger partial charge in [0, 0.05) is 0 Å². The van der Waals surface area contributed by atoms with Crippen LogP contribution in [0.5, 0.6) is 0 Å². The number of aliphatic imine (C=N–C) groups is 1. The number of ether oxygens (including phenoxy) is 1. The van der Waals surface area contributed by atoms with Crippen LogP contribution in [0.15, 0.2) is 29.3 Å². The van der Waals surface area contributed by atoms with Crippen molar-refractivity contribution in [2.24, 2.45) is 4.99 Å². The van der Waals surface area contributed by atoms with E-state index in [1.165, 1.54) is 0 Å². The third-order valence-corrected chi connectivity index (χ3v) is 1.79. The Balaban J connectivity index is 2.59. The first-order chi connectivity index (χ1) is 6.72. The lowest BCUT2D eigenvalue weighted by Gasteiger charge is -2.06. The summed E-state index contributed by atoms with van der Waals surface area (Å²) in [7, 11) is 0. The van der Waals surface area contributed by atoms with Gasteiger partial charge < -0.3 is 4.74 Å². The number of isothiocyanates is 1. The molecule has 0 saturated heterocycles. The molecule has 0 spiro atoms. The van der Waals surface area contributed by atoms with E-state index in [1.807, 2.05) is 38.1 Å². The van der Waals surface area contributed by atoms with E-state index in [2.05, 4.69) is 22.4 Å². The Labute approximate surface area is 89.6 Å². The van der Waals surface area contributed by atoms with Gasteiger partial charge >= 0.3 is 0 Å². The van der Waals surface area contributed by atoms with E-state index in [4.69, 9.17) is 4.74 Å². The lowest BCUT2D eigenvalue weighted by atomic mass is 10.2. The molecule has 14 heavy (non-hydrogen) atoms. The summed E-state index contributed by atoms with van der Waals surface area (Å²) in [4.78, 5) is 3.87. The first kappa shape index (κ1) is 11.1. The predicted octanol–water partition coefficient (Wildman–Crippen LogP) is 3.35. The molecule has 0 saturated carbocycles. The van der Waals surface area contributed by atoms with Crippen molar-refractivity contribution in [1.82, 2.24) is 0 Å². The molecular formula is C11H13NOS. The molecule has 0 N–H and O–H groups in total. The van der Waals surface area contributed by atoms with E-state index in [0.29, 0.717) is 6.61 Å². The molecule has 2 nitrogen and oxygen atoms in total. The van der Waals surface area contributed by atoms with Crippen molar-refractivity contribution in [3.8, 4) is 0 Å². The monoisotopic (exact) mass is 207 g/mol. The average Bonchev–Trinajstić information content (AvgIpc) is 2.17. The van der Waals surface area contributed by atoms with Crippen molar-refractivity contribution in [2.45, 2.75) is 26.6 Å². The SMILES string of the molecule is CC(C)OCc1ccc(N=C=S)cc1. The number of thiocarbonyl (C=S) groups is 1. The largest absolute Gasteiger partial charge is 0.374 e. The standard InChI is InChI=1S/C11H13NOS/c1-9(2)13-7-10-3-5-11(6-4-10)12-8-14/h3-6,9H,7H2,1-2H3. The summed E-state index contributed by atoms with van der Waals surface area (Å²) in [6.45, 7) is 4.68. The van der Waals surface area contributed by atoms with Gasteiger partial charge in [-0.3, -0.25) is 0 Å². The highest BCUT2D eigenvalue weighted by molar-refractivity contribution is 7.78. The maximum absolute atomic E-state index is 5.46. The van der Waals surface area contributed by atoms with Gasteiger partial charge in [-0.25, -0.2) is 0 Å². The molecule has 74 valence electrons. The molecule has 1 aromatic rings. The Morgan fingerprint density at radius 3 is 2.50 bits per heavy atom. The van der Waals surface area contributed by atoms with Crippen LogP contribution < -0.4 is 0 Å². The normalized spacial score (nSPS) is 9.93. The molecule has 0 aliphatic rings. The molecule has 1 aromatic carbocycles. The highest BCUT2D eigenvalue weighted by atomic mass is 32.1. The Kier molecular flexibility index (Phi) is 4.47. The highest BCUT2D eigenvalue weighted by Crippen LogP contribution is 2.13. The van der Waals surface area contributed by atoms with E-state index in [0.717, 1.165) is 11.3 Å². The third kappa shape index (κ3) is 3.79. The van der Waals surface area contributed by atoms with Crippen molar-refractivity contribution in [2.75, 3.05) is 0 Å². The topological polar surface area (TPSA) is 21.6 Å². The van der Waals surface area contributed by atoms with Crippen LogP contribution in [0.1, 0.15) is 19.4 Å². The number of hydrogen-bond donors (Lipinski definition) is 0. The molecule has 0 atom stereocenters. The van der Waals surface area contributed by atoms with Gasteiger partial charge in [-0.2, -0.15) is 4.99 Å². The van der Waals surface area contributed by atoms with Crippen molar-refractivity contribution in [3.05, 3.63) is 29.8 Å². The second-order valence-electron chi connectivity index (χ2n) is 3.23. The molecule has 3 heteroatoms. The van der Waals surface area contributed by atoms with E-state index >= 15 is 0 Å². The lowest BCUT2D eigenvalue weighted by molar-refractivity contribution is 0.0657. The molecule has 0 unspecified atom stereocenters. The lowest BCUT2D eigenvalue weighted by Crippen LogP contribution is -2.01. The maximum atomic E-state index is 5.46. The Bertz CT molecular complexity index is 326. The zero-order valence-electron chi connectivity index (χ0n) is 8.36. The van der Waals surface area contributed by atoms with E-state index in [1.54, 1.807) is 0 Å². The first-order valence-corrected chi connectivity index (χ1v) is 4.91. The quantitative estimate of drug-likeness (QED) is 0.558. The minimum Gasteiger partial charge on any atom is -0.374 e. The fourth-order valence-electron chi connectivity index (χ4n) is 0.982. The molecule has 0 aromatic heterocycles. The van der Waals surface area contributed by atoms with Crippen LogP contribution in [0.4, 0.5) is 5.69 Å². The van der Waals surface area contributed by atoms with Gasteiger partial charge in [0.1, 0.15) is 0 Å². The summed E-state index contributed by atoms with van der Waals surface area (Å²) in [5.41, 5.74) is 1.97. The third-order valence-electron chi connectivity index (χ3n) is 1.69. The molecule has 1 rings (SSSR count). The van der Waals surface area contributed by atoms with Crippen LogP contribution in [0.2, 0.25) is 0 Å². The Hall–Kier alpha value is -1.02. The van der Waals surface area contributed by atoms with Crippen LogP contribution in [-0.2, 0) is 11.3 Å². The minimum absolute atomic E-state index is 0.258. The van der Waals surface area contributed by atoms with Gasteiger partial charge in [0.2, 0.25) is 0 Å². The summed E-state index contributed by atoms with van der Waals surface area (Å²) < 4.78 is 5.46. The number of hydrogen-bond acceptors (Lipinski definition) is 3. The fourth-order valence-corrected chi connectivity index (χ4v) is 1.09. The summed E-state index contributed by atoms with van der Waals surface area (Å²) in [5, 5.41) is 2.33. The van der Waals surface area contributed by atoms with Crippen LogP contribution in [0.3, 0.4) is 0 Å². The van der Waals surface area contributed by atoms with Gasteiger partial charge in [0.05, 0.1) is 23.6 Å². The van der Waals surface area contributed by atoms with Crippen LogP contribution >= 0.6 is 12.2 Å². The molecule has 0 radical (unpaired) electrons. The smallest absolute Gasteiger partial charge is 0.0739 e. The fraction of sp³-hybridized carbons (Fsp3) is 0.364. The van der Waals surface area contributed by atoms with Crippen molar-refractivity contribution < 1.29 is 4.74 Å². The zero-order chi connectivity index (χ0) is 10.4. The Morgan fingerprint density at radius 1 is 1.36 bits per heavy atom. The molecule has 0 amide bonds. The van der Waals surface area contributed by atoms with Crippen LogP contribution in [0.25, 0.3) is 0 Å². The van der Waals surface area contributed by atoms with E-state index in [9.17, 15) is 0 Å².